The van der Waals surface area contributed by atoms with Gasteiger partial charge in [-0.25, -0.2) is 4.79 Å². The Balaban J connectivity index is 1.31. The summed E-state index contributed by atoms with van der Waals surface area (Å²) < 4.78 is 2.74. The molecule has 2 aromatic carbocycles. The number of para-hydroxylation sites is 1. The van der Waals surface area contributed by atoms with Crippen molar-refractivity contribution in [3.05, 3.63) is 63.6 Å². The number of aromatic amines is 2. The number of hydrogen-bond acceptors (Lipinski definition) is 2. The first kappa shape index (κ1) is 18.2. The Morgan fingerprint density at radius 1 is 1.07 bits per heavy atom. The highest BCUT2D eigenvalue weighted by Crippen LogP contribution is 2.35. The van der Waals surface area contributed by atoms with Crippen molar-refractivity contribution >= 4 is 49.5 Å². The van der Waals surface area contributed by atoms with Gasteiger partial charge < -0.3 is 15.3 Å². The van der Waals surface area contributed by atoms with E-state index in [1.54, 1.807) is 0 Å². The molecule has 1 amide bonds. The fourth-order valence-electron chi connectivity index (χ4n) is 4.50. The number of fused-ring (bicyclic) bond motifs is 2. The number of aromatic nitrogens is 3. The Hall–Kier alpha value is -2.80. The van der Waals surface area contributed by atoms with E-state index in [1.165, 1.54) is 0 Å². The standard InChI is InChI=1S/C22H21BrN4O2/c23-16-3-1-6-19-20(16)26-22(29)27(19)14-9-7-13(8-10-14)21(28)25-18-5-2-4-17-15(18)11-12-24-17/h1-6,11-14,24H,7-10H2,(H,25,28)(H,26,29)/t13-,14+. The third-order valence-corrected chi connectivity index (χ3v) is 6.65. The highest BCUT2D eigenvalue weighted by Gasteiger charge is 2.29. The van der Waals surface area contributed by atoms with Gasteiger partial charge in [-0.2, -0.15) is 0 Å². The molecule has 0 bridgehead atoms. The number of imidazole rings is 1. The largest absolute Gasteiger partial charge is 0.361 e. The molecule has 0 radical (unpaired) electrons. The number of carbonyl (C=O) groups excluding carboxylic acids is 1. The van der Waals surface area contributed by atoms with Crippen LogP contribution < -0.4 is 11.0 Å². The lowest BCUT2D eigenvalue weighted by atomic mass is 9.85. The number of nitrogens with zero attached hydrogens (tertiary/aromatic N) is 1. The van der Waals surface area contributed by atoms with Crippen LogP contribution in [0.5, 0.6) is 0 Å². The lowest BCUT2D eigenvalue weighted by Crippen LogP contribution is -2.31. The van der Waals surface area contributed by atoms with E-state index in [4.69, 9.17) is 0 Å². The van der Waals surface area contributed by atoms with Gasteiger partial charge in [0.15, 0.2) is 0 Å². The summed E-state index contributed by atoms with van der Waals surface area (Å²) in [5, 5.41) is 4.12. The minimum absolute atomic E-state index is 0.0342. The molecule has 2 aromatic heterocycles. The Morgan fingerprint density at radius 2 is 1.86 bits per heavy atom. The number of hydrogen-bond donors (Lipinski definition) is 3. The number of nitrogens with one attached hydrogen (secondary N) is 3. The molecule has 1 saturated carbocycles. The molecule has 1 fully saturated rings. The van der Waals surface area contributed by atoms with E-state index in [-0.39, 0.29) is 23.6 Å². The molecule has 2 heterocycles. The van der Waals surface area contributed by atoms with Crippen LogP contribution in [0.2, 0.25) is 0 Å². The second-order valence-corrected chi connectivity index (χ2v) is 8.53. The number of H-pyrrole nitrogens is 2. The zero-order valence-electron chi connectivity index (χ0n) is 15.7. The summed E-state index contributed by atoms with van der Waals surface area (Å²) in [5.74, 6) is 0.0271. The third-order valence-electron chi connectivity index (χ3n) is 5.99. The van der Waals surface area contributed by atoms with Gasteiger partial charge in [0.05, 0.1) is 16.7 Å². The van der Waals surface area contributed by atoms with E-state index >= 15 is 0 Å². The van der Waals surface area contributed by atoms with Crippen LogP contribution in [-0.2, 0) is 4.79 Å². The van der Waals surface area contributed by atoms with Crippen LogP contribution in [0.4, 0.5) is 5.69 Å². The Bertz CT molecular complexity index is 1260. The molecule has 5 rings (SSSR count). The Kier molecular flexibility index (Phi) is 4.54. The van der Waals surface area contributed by atoms with Crippen molar-refractivity contribution in [3.63, 3.8) is 0 Å². The summed E-state index contributed by atoms with van der Waals surface area (Å²) in [6.07, 6.45) is 5.04. The second-order valence-electron chi connectivity index (χ2n) is 7.67. The molecule has 148 valence electrons. The van der Waals surface area contributed by atoms with E-state index in [2.05, 4.69) is 31.2 Å². The topological polar surface area (TPSA) is 82.7 Å². The minimum Gasteiger partial charge on any atom is -0.361 e. The lowest BCUT2D eigenvalue weighted by molar-refractivity contribution is -0.120. The molecule has 3 N–H and O–H groups in total. The second kappa shape index (κ2) is 7.22. The molecule has 6 nitrogen and oxygen atoms in total. The lowest BCUT2D eigenvalue weighted by Gasteiger charge is -2.28. The van der Waals surface area contributed by atoms with Gasteiger partial charge in [-0.15, -0.1) is 0 Å². The molecular weight excluding hydrogens is 432 g/mol. The third kappa shape index (κ3) is 3.19. The van der Waals surface area contributed by atoms with Crippen molar-refractivity contribution in [2.45, 2.75) is 31.7 Å². The van der Waals surface area contributed by atoms with E-state index in [9.17, 15) is 9.59 Å². The average molecular weight is 453 g/mol. The van der Waals surface area contributed by atoms with Crippen LogP contribution in [0.1, 0.15) is 31.7 Å². The maximum atomic E-state index is 12.8. The SMILES string of the molecule is O=c1[nH]c2c(Br)cccc2n1[C@H]1CC[C@@H](C(=O)Nc2cccc3[nH]ccc23)CC1. The van der Waals surface area contributed by atoms with Gasteiger partial charge in [0, 0.05) is 33.5 Å². The maximum absolute atomic E-state index is 12.8. The van der Waals surface area contributed by atoms with Crippen molar-refractivity contribution in [1.82, 2.24) is 14.5 Å². The zero-order valence-corrected chi connectivity index (χ0v) is 17.3. The van der Waals surface area contributed by atoms with Crippen molar-refractivity contribution < 1.29 is 4.79 Å². The highest BCUT2D eigenvalue weighted by molar-refractivity contribution is 9.10. The molecule has 0 unspecified atom stereocenters. The summed E-state index contributed by atoms with van der Waals surface area (Å²) in [4.78, 5) is 31.5. The highest BCUT2D eigenvalue weighted by atomic mass is 79.9. The quantitative estimate of drug-likeness (QED) is 0.411. The van der Waals surface area contributed by atoms with Gasteiger partial charge in [0.25, 0.3) is 0 Å². The van der Waals surface area contributed by atoms with Gasteiger partial charge in [0.1, 0.15) is 0 Å². The van der Waals surface area contributed by atoms with Gasteiger partial charge >= 0.3 is 5.69 Å². The summed E-state index contributed by atoms with van der Waals surface area (Å²) >= 11 is 3.50. The molecule has 0 spiro atoms. The first-order valence-electron chi connectivity index (χ1n) is 9.87. The number of benzene rings is 2. The molecule has 29 heavy (non-hydrogen) atoms. The summed E-state index contributed by atoms with van der Waals surface area (Å²) in [6.45, 7) is 0. The number of rotatable bonds is 3. The summed E-state index contributed by atoms with van der Waals surface area (Å²) in [5.41, 5.74) is 3.51. The van der Waals surface area contributed by atoms with Gasteiger partial charge in [-0.1, -0.05) is 12.1 Å². The van der Waals surface area contributed by atoms with E-state index in [0.717, 1.165) is 57.8 Å². The molecule has 0 atom stereocenters. The Labute approximate surface area is 175 Å². The predicted octanol–water partition coefficient (Wildman–Crippen LogP) is 4.94. The normalized spacial score (nSPS) is 19.6. The number of anilines is 1. The van der Waals surface area contributed by atoms with E-state index < -0.39 is 0 Å². The van der Waals surface area contributed by atoms with Crippen molar-refractivity contribution in [3.8, 4) is 0 Å². The number of amides is 1. The fraction of sp³-hybridized carbons (Fsp3) is 0.273. The first-order valence-corrected chi connectivity index (χ1v) is 10.7. The summed E-state index contributed by atoms with van der Waals surface area (Å²) in [6, 6.07) is 13.8. The van der Waals surface area contributed by atoms with Crippen molar-refractivity contribution in [2.75, 3.05) is 5.32 Å². The van der Waals surface area contributed by atoms with Crippen LogP contribution in [0.15, 0.2) is 57.9 Å². The summed E-state index contributed by atoms with van der Waals surface area (Å²) in [7, 11) is 0. The van der Waals surface area contributed by atoms with Crippen LogP contribution >= 0.6 is 15.9 Å². The van der Waals surface area contributed by atoms with Crippen LogP contribution in [0.3, 0.4) is 0 Å². The van der Waals surface area contributed by atoms with Crippen molar-refractivity contribution in [1.29, 1.82) is 0 Å². The van der Waals surface area contributed by atoms with Crippen LogP contribution in [0.25, 0.3) is 21.9 Å². The average Bonchev–Trinajstić information content (AvgIpc) is 3.33. The van der Waals surface area contributed by atoms with Gasteiger partial charge in [0.2, 0.25) is 5.91 Å². The molecule has 4 aromatic rings. The number of halogens is 1. The molecule has 0 aliphatic heterocycles. The fourth-order valence-corrected chi connectivity index (χ4v) is 4.96. The Morgan fingerprint density at radius 3 is 2.69 bits per heavy atom. The minimum atomic E-state index is -0.0843. The maximum Gasteiger partial charge on any atom is 0.326 e. The predicted molar refractivity (Wildman–Crippen MR) is 118 cm³/mol. The van der Waals surface area contributed by atoms with E-state index in [1.807, 2.05) is 53.2 Å². The monoisotopic (exact) mass is 452 g/mol. The van der Waals surface area contributed by atoms with Crippen LogP contribution in [0, 0.1) is 5.92 Å². The van der Waals surface area contributed by atoms with Crippen LogP contribution in [-0.4, -0.2) is 20.4 Å². The molecule has 7 heteroatoms. The van der Waals surface area contributed by atoms with E-state index in [0.29, 0.717) is 0 Å². The number of carbonyl (C=O) groups is 1. The molecule has 1 aliphatic carbocycles. The van der Waals surface area contributed by atoms with Gasteiger partial charge in [-0.3, -0.25) is 9.36 Å². The van der Waals surface area contributed by atoms with Gasteiger partial charge in [-0.05, 0) is 71.9 Å². The van der Waals surface area contributed by atoms with Crippen molar-refractivity contribution in [2.24, 2.45) is 5.92 Å². The smallest absolute Gasteiger partial charge is 0.326 e. The zero-order chi connectivity index (χ0) is 20.0. The molecule has 1 aliphatic rings. The molecular formula is C22H21BrN4O2. The molecule has 0 saturated heterocycles. The first-order chi connectivity index (χ1) is 14.1.